The monoisotopic (exact) mass is 860 g/mol. The number of hydrogen-bond donors (Lipinski definition) is 0. The number of aromatic nitrogens is 2. The van der Waals surface area contributed by atoms with Crippen molar-refractivity contribution in [2.75, 3.05) is 0 Å². The summed E-state index contributed by atoms with van der Waals surface area (Å²) in [7, 11) is -3.64. The Morgan fingerprint density at radius 1 is 0.323 bits per heavy atom. The molecule has 2 nitrogen and oxygen atoms in total. The lowest BCUT2D eigenvalue weighted by Crippen LogP contribution is -2.61. The standard InChI is InChI=1S/C60H45BN2Si2/c1-64(2,3)34-30-47-46-27-26-45-41-21-10-8-17-37(41)39-19-12-14-23-43(39)55(45)60(46)63-53-25-15-24-52-57(53)61(49(32-34)58(47)63)50-33-35(65(4,5)6)31-48-56-51(62(52)59(48)50)29-28-44-40-20-9-7-16-36(40)38-18-11-13-22-42(38)54(44)56/h7-33H,1-6H3. The van der Waals surface area contributed by atoms with E-state index in [0.717, 1.165) is 0 Å². The van der Waals surface area contributed by atoms with Gasteiger partial charge < -0.3 is 9.13 Å². The maximum Gasteiger partial charge on any atom is 0.252 e. The molecule has 65 heavy (non-hydrogen) atoms. The van der Waals surface area contributed by atoms with Crippen molar-refractivity contribution in [3.8, 4) is 11.4 Å². The van der Waals surface area contributed by atoms with E-state index in [9.17, 15) is 0 Å². The van der Waals surface area contributed by atoms with Crippen molar-refractivity contribution in [1.29, 1.82) is 0 Å². The molecule has 0 aliphatic carbocycles. The van der Waals surface area contributed by atoms with Crippen LogP contribution in [0.25, 0.3) is 120 Å². The molecular formula is C60H45BN2Si2. The second kappa shape index (κ2) is 12.0. The summed E-state index contributed by atoms with van der Waals surface area (Å²) in [6, 6.07) is 63.9. The molecule has 0 fully saturated rings. The summed E-state index contributed by atoms with van der Waals surface area (Å²) in [6.45, 7) is 15.3. The zero-order valence-corrected chi connectivity index (χ0v) is 39.6. The van der Waals surface area contributed by atoms with Crippen molar-refractivity contribution in [3.63, 3.8) is 0 Å². The van der Waals surface area contributed by atoms with Crippen LogP contribution in [0.3, 0.4) is 0 Å². The third-order valence-electron chi connectivity index (χ3n) is 15.7. The molecule has 0 unspecified atom stereocenters. The summed E-state index contributed by atoms with van der Waals surface area (Å²) >= 11 is 0. The van der Waals surface area contributed by atoms with Gasteiger partial charge in [-0.3, -0.25) is 0 Å². The van der Waals surface area contributed by atoms with Crippen molar-refractivity contribution in [2.24, 2.45) is 0 Å². The summed E-state index contributed by atoms with van der Waals surface area (Å²) in [4.78, 5) is 0. The van der Waals surface area contributed by atoms with Crippen LogP contribution in [0.15, 0.2) is 164 Å². The lowest BCUT2D eigenvalue weighted by molar-refractivity contribution is 1.15. The van der Waals surface area contributed by atoms with Crippen LogP contribution >= 0.6 is 0 Å². The highest BCUT2D eigenvalue weighted by atomic mass is 28.3. The Morgan fingerprint density at radius 2 is 0.738 bits per heavy atom. The van der Waals surface area contributed by atoms with Gasteiger partial charge in [-0.2, -0.15) is 0 Å². The first-order chi connectivity index (χ1) is 31.6. The number of nitrogens with zero attached hydrogens (tertiary/aromatic N) is 2. The molecule has 0 atom stereocenters. The summed E-state index contributed by atoms with van der Waals surface area (Å²) in [5.41, 5.74) is 12.3. The number of rotatable bonds is 2. The van der Waals surface area contributed by atoms with Crippen LogP contribution in [0.2, 0.25) is 39.3 Å². The molecule has 4 heterocycles. The molecule has 11 aromatic carbocycles. The Kier molecular flexibility index (Phi) is 6.75. The summed E-state index contributed by atoms with van der Waals surface area (Å²) in [5.74, 6) is 0. The van der Waals surface area contributed by atoms with Crippen molar-refractivity contribution in [2.45, 2.75) is 39.3 Å². The van der Waals surface area contributed by atoms with E-state index in [0.29, 0.717) is 0 Å². The molecule has 0 amide bonds. The Bertz CT molecular complexity index is 4300. The van der Waals surface area contributed by atoms with Crippen molar-refractivity contribution < 1.29 is 0 Å². The van der Waals surface area contributed by atoms with Crippen molar-refractivity contribution in [3.05, 3.63) is 164 Å². The fourth-order valence-corrected chi connectivity index (χ4v) is 15.1. The van der Waals surface area contributed by atoms with E-state index in [2.05, 4.69) is 212 Å². The highest BCUT2D eigenvalue weighted by Gasteiger charge is 2.43. The zero-order valence-electron chi connectivity index (χ0n) is 37.6. The van der Waals surface area contributed by atoms with E-state index < -0.39 is 16.1 Å². The second-order valence-corrected chi connectivity index (χ2v) is 31.3. The molecule has 0 N–H and O–H groups in total. The molecule has 306 valence electrons. The van der Waals surface area contributed by atoms with Gasteiger partial charge in [-0.05, 0) is 88.4 Å². The van der Waals surface area contributed by atoms with Crippen LogP contribution in [0.5, 0.6) is 0 Å². The third kappa shape index (κ3) is 4.46. The van der Waals surface area contributed by atoms with Gasteiger partial charge in [0, 0.05) is 54.7 Å². The normalized spacial score (nSPS) is 13.7. The van der Waals surface area contributed by atoms with E-state index in [-0.39, 0.29) is 6.71 Å². The molecule has 0 spiro atoms. The smallest absolute Gasteiger partial charge is 0.252 e. The fraction of sp³-hybridized carbons (Fsp3) is 0.100. The van der Waals surface area contributed by atoms with E-state index in [1.165, 1.54) is 146 Å². The molecule has 2 aliphatic rings. The van der Waals surface area contributed by atoms with Gasteiger partial charge in [0.2, 0.25) is 0 Å². The molecule has 5 heteroatoms. The summed E-state index contributed by atoms with van der Waals surface area (Å²) < 4.78 is 5.40. The molecule has 0 saturated heterocycles. The van der Waals surface area contributed by atoms with Crippen LogP contribution in [0.1, 0.15) is 0 Å². The Labute approximate surface area is 379 Å². The second-order valence-electron chi connectivity index (χ2n) is 21.2. The highest BCUT2D eigenvalue weighted by molar-refractivity contribution is 7.01. The lowest BCUT2D eigenvalue weighted by atomic mass is 9.34. The summed E-state index contributed by atoms with van der Waals surface area (Å²) in [5, 5.41) is 24.5. The molecule has 2 aliphatic heterocycles. The van der Waals surface area contributed by atoms with Gasteiger partial charge in [-0.25, -0.2) is 0 Å². The van der Waals surface area contributed by atoms with Crippen LogP contribution in [-0.4, -0.2) is 32.0 Å². The van der Waals surface area contributed by atoms with E-state index in [4.69, 9.17) is 0 Å². The average Bonchev–Trinajstić information content (AvgIpc) is 3.85. The quantitative estimate of drug-likeness (QED) is 0.121. The van der Waals surface area contributed by atoms with Gasteiger partial charge in [-0.15, -0.1) is 0 Å². The third-order valence-corrected chi connectivity index (χ3v) is 19.7. The zero-order chi connectivity index (χ0) is 43.4. The molecule has 15 rings (SSSR count). The number of fused-ring (bicyclic) bond motifs is 24. The molecule has 0 radical (unpaired) electrons. The Hall–Kier alpha value is -6.92. The first-order valence-electron chi connectivity index (χ1n) is 23.4. The van der Waals surface area contributed by atoms with Gasteiger partial charge in [-0.1, -0.05) is 195 Å². The molecule has 13 aromatic rings. The van der Waals surface area contributed by atoms with Gasteiger partial charge in [0.05, 0.1) is 27.2 Å². The van der Waals surface area contributed by atoms with E-state index in [1.807, 2.05) is 0 Å². The first-order valence-corrected chi connectivity index (χ1v) is 30.4. The van der Waals surface area contributed by atoms with Crippen LogP contribution < -0.4 is 26.8 Å². The maximum atomic E-state index is 2.72. The number of benzene rings is 11. The minimum atomic E-state index is -1.83. The van der Waals surface area contributed by atoms with Gasteiger partial charge in [0.25, 0.3) is 6.71 Å². The molecular weight excluding hydrogens is 816 g/mol. The highest BCUT2D eigenvalue weighted by Crippen LogP contribution is 2.47. The first kappa shape index (κ1) is 36.4. The van der Waals surface area contributed by atoms with Gasteiger partial charge in [0.15, 0.2) is 0 Å². The topological polar surface area (TPSA) is 9.86 Å². The van der Waals surface area contributed by atoms with Gasteiger partial charge >= 0.3 is 0 Å². The Balaban J connectivity index is 1.19. The predicted molar refractivity (Wildman–Crippen MR) is 291 cm³/mol. The molecule has 2 aromatic heterocycles. The van der Waals surface area contributed by atoms with Crippen molar-refractivity contribution >= 4 is 158 Å². The fourth-order valence-electron chi connectivity index (χ4n) is 12.8. The van der Waals surface area contributed by atoms with Gasteiger partial charge in [0.1, 0.15) is 0 Å². The van der Waals surface area contributed by atoms with E-state index in [1.54, 1.807) is 0 Å². The minimum Gasteiger partial charge on any atom is -0.310 e. The van der Waals surface area contributed by atoms with E-state index >= 15 is 0 Å². The minimum absolute atomic E-state index is 0.0834. The SMILES string of the molecule is C[Si](C)(C)c1cc2c3c(c1)c1c4c5ccccc5c5ccccc5c4ccc1n3-c1cccc3c1B2c1cc([Si](C)(C)C)cc2c4ccc5c6ccccc6c6ccccc6c5c4n-3c12. The van der Waals surface area contributed by atoms with Crippen molar-refractivity contribution in [1.82, 2.24) is 9.13 Å². The van der Waals surface area contributed by atoms with Crippen LogP contribution in [0.4, 0.5) is 0 Å². The average molecular weight is 861 g/mol. The summed E-state index contributed by atoms with van der Waals surface area (Å²) in [6.07, 6.45) is 0. The lowest BCUT2D eigenvalue weighted by Gasteiger charge is -2.35. The van der Waals surface area contributed by atoms with Crippen LogP contribution in [0, 0.1) is 0 Å². The number of hydrogen-bond acceptors (Lipinski definition) is 0. The predicted octanol–water partition coefficient (Wildman–Crippen LogP) is 13.0. The maximum absolute atomic E-state index is 2.72. The molecule has 0 saturated carbocycles. The molecule has 0 bridgehead atoms. The Morgan fingerprint density at radius 3 is 1.29 bits per heavy atom. The largest absolute Gasteiger partial charge is 0.310 e. The van der Waals surface area contributed by atoms with Crippen LogP contribution in [-0.2, 0) is 0 Å².